The molecule has 1 saturated heterocycles. The summed E-state index contributed by atoms with van der Waals surface area (Å²) < 4.78 is 5.65. The first-order valence-electron chi connectivity index (χ1n) is 11.8. The molecule has 3 nitrogen and oxygen atoms in total. The molecule has 1 aliphatic heterocycles. The third-order valence-electron chi connectivity index (χ3n) is 8.34. The Morgan fingerprint density at radius 1 is 1.20 bits per heavy atom. The van der Waals surface area contributed by atoms with Crippen molar-refractivity contribution in [1.82, 2.24) is 0 Å². The van der Waals surface area contributed by atoms with Crippen molar-refractivity contribution in [2.24, 2.45) is 23.2 Å². The van der Waals surface area contributed by atoms with Gasteiger partial charge in [-0.05, 0) is 80.8 Å². The van der Waals surface area contributed by atoms with Crippen LogP contribution in [0.25, 0.3) is 0 Å². The lowest BCUT2D eigenvalue weighted by Gasteiger charge is -2.43. The van der Waals surface area contributed by atoms with Crippen LogP contribution in [-0.4, -0.2) is 34.1 Å². The highest BCUT2D eigenvalue weighted by Crippen LogP contribution is 2.59. The standard InChI is InChI=1S/C27H38O3/c1-17(8-13-25-26(3,4)30-25)22-11-12-23-19(7-6-14-27(22,23)5)9-10-20-15-21(28)16-24(29)18(20)2/h9-10,17,21-25,28-29H,2,6-7,11-12,14-16H2,1,3-5H3/b19-9+,20-10+/t17-,21-,22-,23+,24+,25?,27-/m1/s1. The number of fused-ring (bicyclic) bond motifs is 1. The Balaban J connectivity index is 1.50. The molecule has 0 spiro atoms. The largest absolute Gasteiger partial charge is 0.393 e. The number of hydrogen-bond acceptors (Lipinski definition) is 3. The predicted octanol–water partition coefficient (Wildman–Crippen LogP) is 4.94. The second kappa shape index (κ2) is 7.97. The second-order valence-corrected chi connectivity index (χ2v) is 10.8. The van der Waals surface area contributed by atoms with Gasteiger partial charge in [0.15, 0.2) is 0 Å². The molecular weight excluding hydrogens is 372 g/mol. The molecule has 0 aromatic heterocycles. The van der Waals surface area contributed by atoms with Crippen LogP contribution >= 0.6 is 0 Å². The molecule has 0 bridgehead atoms. The molecule has 4 fully saturated rings. The first kappa shape index (κ1) is 21.9. The van der Waals surface area contributed by atoms with Crippen LogP contribution in [0.5, 0.6) is 0 Å². The molecule has 0 radical (unpaired) electrons. The lowest BCUT2D eigenvalue weighted by atomic mass is 9.61. The molecule has 1 unspecified atom stereocenters. The maximum Gasteiger partial charge on any atom is 0.147 e. The zero-order valence-electron chi connectivity index (χ0n) is 19.1. The van der Waals surface area contributed by atoms with Crippen LogP contribution < -0.4 is 0 Å². The minimum absolute atomic E-state index is 0.0621. The van der Waals surface area contributed by atoms with Crippen molar-refractivity contribution < 1.29 is 14.9 Å². The fourth-order valence-electron chi connectivity index (χ4n) is 6.35. The highest BCUT2D eigenvalue weighted by Gasteiger charge is 2.51. The minimum atomic E-state index is -0.620. The maximum absolute atomic E-state index is 10.1. The quantitative estimate of drug-likeness (QED) is 0.500. The fourth-order valence-corrected chi connectivity index (χ4v) is 6.35. The Morgan fingerprint density at radius 2 is 1.93 bits per heavy atom. The summed E-state index contributed by atoms with van der Waals surface area (Å²) in [6.45, 7) is 13.1. The van der Waals surface area contributed by atoms with Crippen molar-refractivity contribution in [2.45, 2.75) is 96.6 Å². The van der Waals surface area contributed by atoms with Gasteiger partial charge in [-0.25, -0.2) is 0 Å². The summed E-state index contributed by atoms with van der Waals surface area (Å²) >= 11 is 0. The zero-order valence-corrected chi connectivity index (χ0v) is 19.1. The van der Waals surface area contributed by atoms with Crippen LogP contribution in [0.1, 0.15) is 72.6 Å². The summed E-state index contributed by atoms with van der Waals surface area (Å²) in [6, 6.07) is 0. The van der Waals surface area contributed by atoms with Gasteiger partial charge in [-0.3, -0.25) is 0 Å². The molecule has 4 rings (SSSR count). The van der Waals surface area contributed by atoms with Crippen LogP contribution in [0, 0.1) is 35.0 Å². The highest BCUT2D eigenvalue weighted by molar-refractivity contribution is 5.38. The molecule has 4 aliphatic rings. The van der Waals surface area contributed by atoms with E-state index in [0.717, 1.165) is 17.6 Å². The highest BCUT2D eigenvalue weighted by atomic mass is 16.6. The van der Waals surface area contributed by atoms with Crippen LogP contribution in [0.2, 0.25) is 0 Å². The lowest BCUT2D eigenvalue weighted by Crippen LogP contribution is -2.35. The van der Waals surface area contributed by atoms with Gasteiger partial charge in [-0.15, -0.1) is 0 Å². The van der Waals surface area contributed by atoms with E-state index in [1.165, 1.54) is 31.3 Å². The predicted molar refractivity (Wildman–Crippen MR) is 121 cm³/mol. The molecule has 3 saturated carbocycles. The maximum atomic E-state index is 10.1. The third kappa shape index (κ3) is 4.07. The normalized spacial score (nSPS) is 43.8. The van der Waals surface area contributed by atoms with Gasteiger partial charge in [0.1, 0.15) is 11.7 Å². The molecule has 0 amide bonds. The van der Waals surface area contributed by atoms with E-state index < -0.39 is 12.2 Å². The van der Waals surface area contributed by atoms with E-state index in [2.05, 4.69) is 58.3 Å². The molecular formula is C27H38O3. The molecule has 0 aromatic rings. The molecule has 1 heterocycles. The summed E-state index contributed by atoms with van der Waals surface area (Å²) in [5, 5.41) is 20.2. The lowest BCUT2D eigenvalue weighted by molar-refractivity contribution is 0.0862. The number of hydrogen-bond donors (Lipinski definition) is 2. The van der Waals surface area contributed by atoms with Gasteiger partial charge in [0.05, 0.1) is 12.2 Å². The average molecular weight is 411 g/mol. The van der Waals surface area contributed by atoms with Crippen molar-refractivity contribution in [3.63, 3.8) is 0 Å². The fraction of sp³-hybridized carbons (Fsp3) is 0.704. The molecule has 7 atom stereocenters. The Kier molecular flexibility index (Phi) is 5.81. The average Bonchev–Trinajstić information content (AvgIpc) is 3.12. The third-order valence-corrected chi connectivity index (χ3v) is 8.34. The molecule has 3 heteroatoms. The minimum Gasteiger partial charge on any atom is -0.393 e. The van der Waals surface area contributed by atoms with Gasteiger partial charge in [0.2, 0.25) is 0 Å². The summed E-state index contributed by atoms with van der Waals surface area (Å²) in [5.74, 6) is 8.54. The van der Waals surface area contributed by atoms with Crippen LogP contribution in [0.3, 0.4) is 0 Å². The van der Waals surface area contributed by atoms with E-state index in [-0.39, 0.29) is 11.7 Å². The van der Waals surface area contributed by atoms with Crippen molar-refractivity contribution in [2.75, 3.05) is 0 Å². The van der Waals surface area contributed by atoms with Crippen LogP contribution in [-0.2, 0) is 4.74 Å². The first-order chi connectivity index (χ1) is 14.1. The number of allylic oxidation sites excluding steroid dienone is 3. The first-order valence-corrected chi connectivity index (χ1v) is 11.8. The van der Waals surface area contributed by atoms with E-state index in [0.29, 0.717) is 36.0 Å². The van der Waals surface area contributed by atoms with Crippen molar-refractivity contribution in [3.8, 4) is 11.8 Å². The van der Waals surface area contributed by atoms with Crippen LogP contribution in [0.15, 0.2) is 35.5 Å². The Morgan fingerprint density at radius 3 is 2.63 bits per heavy atom. The van der Waals surface area contributed by atoms with Gasteiger partial charge >= 0.3 is 0 Å². The number of rotatable bonds is 2. The Hall–Kier alpha value is -1.34. The van der Waals surface area contributed by atoms with E-state index >= 15 is 0 Å². The zero-order chi connectivity index (χ0) is 21.7. The molecule has 0 aromatic carbocycles. The molecule has 164 valence electrons. The summed E-state index contributed by atoms with van der Waals surface area (Å²) in [6.07, 6.45) is 10.5. The number of aliphatic hydroxyl groups is 2. The number of ether oxygens (including phenoxy) is 1. The van der Waals surface area contributed by atoms with Gasteiger partial charge in [-0.2, -0.15) is 0 Å². The van der Waals surface area contributed by atoms with E-state index in [1.807, 2.05) is 0 Å². The number of epoxide rings is 1. The summed E-state index contributed by atoms with van der Waals surface area (Å²) in [4.78, 5) is 0. The van der Waals surface area contributed by atoms with Gasteiger partial charge in [0, 0.05) is 12.3 Å². The van der Waals surface area contributed by atoms with Gasteiger partial charge in [0.25, 0.3) is 0 Å². The monoisotopic (exact) mass is 410 g/mol. The smallest absolute Gasteiger partial charge is 0.147 e. The molecule has 3 aliphatic carbocycles. The SMILES string of the molecule is C=C1/C(=C/C=C2\CCC[C@]3(C)[C@@H]([C@H](C)C#CC4OC4(C)C)CC[C@@H]23)C[C@@H](O)C[C@@H]1O. The molecule has 30 heavy (non-hydrogen) atoms. The van der Waals surface area contributed by atoms with E-state index in [1.54, 1.807) is 0 Å². The molecule has 2 N–H and O–H groups in total. The van der Waals surface area contributed by atoms with Gasteiger partial charge in [-0.1, -0.05) is 50.0 Å². The van der Waals surface area contributed by atoms with Crippen molar-refractivity contribution in [1.29, 1.82) is 0 Å². The van der Waals surface area contributed by atoms with E-state index in [9.17, 15) is 10.2 Å². The van der Waals surface area contributed by atoms with Gasteiger partial charge < -0.3 is 14.9 Å². The Bertz CT molecular complexity index is 823. The van der Waals surface area contributed by atoms with Crippen molar-refractivity contribution in [3.05, 3.63) is 35.5 Å². The van der Waals surface area contributed by atoms with Crippen LogP contribution in [0.4, 0.5) is 0 Å². The number of aliphatic hydroxyl groups excluding tert-OH is 2. The summed E-state index contributed by atoms with van der Waals surface area (Å²) in [7, 11) is 0. The summed E-state index contributed by atoms with van der Waals surface area (Å²) in [5.41, 5.74) is 3.55. The Labute approximate surface area is 182 Å². The van der Waals surface area contributed by atoms with Crippen molar-refractivity contribution >= 4 is 0 Å². The second-order valence-electron chi connectivity index (χ2n) is 10.8. The topological polar surface area (TPSA) is 53.0 Å². The van der Waals surface area contributed by atoms with E-state index in [4.69, 9.17) is 4.74 Å².